The number of nitrogens with zero attached hydrogens (tertiary/aromatic N) is 1. The highest BCUT2D eigenvalue weighted by atomic mass is 79.9. The minimum absolute atomic E-state index is 0.216. The summed E-state index contributed by atoms with van der Waals surface area (Å²) >= 11 is 3.41. The summed E-state index contributed by atoms with van der Waals surface area (Å²) in [6.07, 6.45) is 0.933. The van der Waals surface area contributed by atoms with Crippen molar-refractivity contribution in [3.63, 3.8) is 0 Å². The van der Waals surface area contributed by atoms with Crippen molar-refractivity contribution < 1.29 is 9.90 Å². The SMILES string of the molecule is O=C(O)C1CN(Cc2ccccc2)CC1CCBr. The van der Waals surface area contributed by atoms with E-state index in [4.69, 9.17) is 0 Å². The first-order valence-electron chi connectivity index (χ1n) is 6.25. The molecule has 0 radical (unpaired) electrons. The number of benzene rings is 1. The van der Waals surface area contributed by atoms with Crippen molar-refractivity contribution in [1.29, 1.82) is 0 Å². The Morgan fingerprint density at radius 2 is 2.06 bits per heavy atom. The molecule has 2 unspecified atom stereocenters. The minimum atomic E-state index is -0.656. The topological polar surface area (TPSA) is 40.5 Å². The van der Waals surface area contributed by atoms with E-state index in [0.29, 0.717) is 6.54 Å². The molecule has 98 valence electrons. The van der Waals surface area contributed by atoms with Gasteiger partial charge in [-0.2, -0.15) is 0 Å². The molecular formula is C14H18BrNO2. The highest BCUT2D eigenvalue weighted by Gasteiger charge is 2.36. The molecule has 2 rings (SSSR count). The van der Waals surface area contributed by atoms with Crippen molar-refractivity contribution in [1.82, 2.24) is 4.90 Å². The molecule has 1 heterocycles. The maximum Gasteiger partial charge on any atom is 0.308 e. The van der Waals surface area contributed by atoms with Gasteiger partial charge in [0.2, 0.25) is 0 Å². The fourth-order valence-corrected chi connectivity index (χ4v) is 3.23. The first-order valence-corrected chi connectivity index (χ1v) is 7.38. The van der Waals surface area contributed by atoms with E-state index in [9.17, 15) is 9.90 Å². The van der Waals surface area contributed by atoms with Crippen LogP contribution in [0.1, 0.15) is 12.0 Å². The summed E-state index contributed by atoms with van der Waals surface area (Å²) in [5.41, 5.74) is 1.25. The van der Waals surface area contributed by atoms with E-state index in [1.165, 1.54) is 5.56 Å². The van der Waals surface area contributed by atoms with Crippen molar-refractivity contribution in [2.45, 2.75) is 13.0 Å². The van der Waals surface area contributed by atoms with Crippen LogP contribution >= 0.6 is 15.9 Å². The van der Waals surface area contributed by atoms with Crippen molar-refractivity contribution >= 4 is 21.9 Å². The first kappa shape index (κ1) is 13.6. The zero-order valence-corrected chi connectivity index (χ0v) is 11.8. The predicted octanol–water partition coefficient (Wildman–Crippen LogP) is 2.60. The second kappa shape index (κ2) is 6.34. The van der Waals surface area contributed by atoms with Crippen molar-refractivity contribution in [3.05, 3.63) is 35.9 Å². The van der Waals surface area contributed by atoms with E-state index < -0.39 is 5.97 Å². The Bertz CT molecular complexity index is 396. The molecule has 1 aromatic carbocycles. The number of carboxylic acid groups (broad SMARTS) is 1. The summed E-state index contributed by atoms with van der Waals surface area (Å²) in [5, 5.41) is 10.1. The van der Waals surface area contributed by atoms with Crippen LogP contribution in [0.15, 0.2) is 30.3 Å². The van der Waals surface area contributed by atoms with E-state index in [0.717, 1.165) is 24.8 Å². The average Bonchev–Trinajstić information content (AvgIpc) is 2.74. The van der Waals surface area contributed by atoms with Crippen LogP contribution in [0.4, 0.5) is 0 Å². The number of alkyl halides is 1. The lowest BCUT2D eigenvalue weighted by molar-refractivity contribution is -0.142. The van der Waals surface area contributed by atoms with Gasteiger partial charge in [0, 0.05) is 25.0 Å². The Morgan fingerprint density at radius 3 is 2.67 bits per heavy atom. The molecule has 0 bridgehead atoms. The van der Waals surface area contributed by atoms with Crippen LogP contribution in [-0.2, 0) is 11.3 Å². The molecule has 0 amide bonds. The zero-order chi connectivity index (χ0) is 13.0. The maximum absolute atomic E-state index is 11.2. The molecule has 0 aromatic heterocycles. The van der Waals surface area contributed by atoms with Crippen LogP contribution < -0.4 is 0 Å². The number of aliphatic carboxylic acids is 1. The summed E-state index contributed by atoms with van der Waals surface area (Å²) in [6, 6.07) is 10.2. The van der Waals surface area contributed by atoms with E-state index in [-0.39, 0.29) is 11.8 Å². The standard InChI is InChI=1S/C14H18BrNO2/c15-7-6-12-9-16(10-13(12)14(17)18)8-11-4-2-1-3-5-11/h1-5,12-13H,6-10H2,(H,17,18). The number of likely N-dealkylation sites (tertiary alicyclic amines) is 1. The largest absolute Gasteiger partial charge is 0.481 e. The molecule has 0 saturated carbocycles. The highest BCUT2D eigenvalue weighted by Crippen LogP contribution is 2.28. The number of hydrogen-bond donors (Lipinski definition) is 1. The van der Waals surface area contributed by atoms with Crippen molar-refractivity contribution in [3.8, 4) is 0 Å². The molecule has 1 aromatic rings. The Labute approximate surface area is 116 Å². The smallest absolute Gasteiger partial charge is 0.308 e. The first-order chi connectivity index (χ1) is 8.70. The molecular weight excluding hydrogens is 294 g/mol. The van der Waals surface area contributed by atoms with Crippen molar-refractivity contribution in [2.75, 3.05) is 18.4 Å². The monoisotopic (exact) mass is 311 g/mol. The summed E-state index contributed by atoms with van der Waals surface area (Å²) in [4.78, 5) is 13.5. The second-order valence-electron chi connectivity index (χ2n) is 4.86. The maximum atomic E-state index is 11.2. The molecule has 18 heavy (non-hydrogen) atoms. The van der Waals surface area contributed by atoms with Crippen LogP contribution in [0, 0.1) is 11.8 Å². The summed E-state index contributed by atoms with van der Waals surface area (Å²) in [5.74, 6) is -0.603. The van der Waals surface area contributed by atoms with Crippen LogP contribution in [0.25, 0.3) is 0 Å². The number of rotatable bonds is 5. The van der Waals surface area contributed by atoms with Crippen LogP contribution in [0.5, 0.6) is 0 Å². The van der Waals surface area contributed by atoms with Gasteiger partial charge < -0.3 is 5.11 Å². The van der Waals surface area contributed by atoms with Gasteiger partial charge in [-0.3, -0.25) is 9.69 Å². The molecule has 1 saturated heterocycles. The molecule has 4 heteroatoms. The van der Waals surface area contributed by atoms with E-state index in [1.807, 2.05) is 18.2 Å². The van der Waals surface area contributed by atoms with Gasteiger partial charge in [-0.15, -0.1) is 0 Å². The summed E-state index contributed by atoms with van der Waals surface area (Å²) in [7, 11) is 0. The Balaban J connectivity index is 1.98. The van der Waals surface area contributed by atoms with Gasteiger partial charge in [-0.05, 0) is 17.9 Å². The molecule has 0 aliphatic carbocycles. The van der Waals surface area contributed by atoms with Gasteiger partial charge >= 0.3 is 5.97 Å². The lowest BCUT2D eigenvalue weighted by Gasteiger charge is -2.15. The van der Waals surface area contributed by atoms with E-state index in [1.54, 1.807) is 0 Å². The van der Waals surface area contributed by atoms with E-state index in [2.05, 4.69) is 33.0 Å². The quantitative estimate of drug-likeness (QED) is 0.850. The van der Waals surface area contributed by atoms with Crippen LogP contribution in [0.3, 0.4) is 0 Å². The van der Waals surface area contributed by atoms with Crippen LogP contribution in [0.2, 0.25) is 0 Å². The third-order valence-corrected chi connectivity index (χ3v) is 4.02. The lowest BCUT2D eigenvalue weighted by Crippen LogP contribution is -2.23. The van der Waals surface area contributed by atoms with Gasteiger partial charge in [0.1, 0.15) is 0 Å². The second-order valence-corrected chi connectivity index (χ2v) is 5.66. The minimum Gasteiger partial charge on any atom is -0.481 e. The summed E-state index contributed by atoms with van der Waals surface area (Å²) < 4.78 is 0. The fourth-order valence-electron chi connectivity index (χ4n) is 2.64. The molecule has 1 fully saturated rings. The molecule has 1 aliphatic rings. The van der Waals surface area contributed by atoms with Gasteiger partial charge in [0.25, 0.3) is 0 Å². The summed E-state index contributed by atoms with van der Waals surface area (Å²) in [6.45, 7) is 2.41. The molecule has 3 nitrogen and oxygen atoms in total. The van der Waals surface area contributed by atoms with Gasteiger partial charge in [-0.1, -0.05) is 46.3 Å². The Hall–Kier alpha value is -0.870. The lowest BCUT2D eigenvalue weighted by atomic mass is 9.94. The molecule has 0 spiro atoms. The molecule has 1 aliphatic heterocycles. The number of carbonyl (C=O) groups is 1. The molecule has 2 atom stereocenters. The van der Waals surface area contributed by atoms with Crippen molar-refractivity contribution in [2.24, 2.45) is 11.8 Å². The van der Waals surface area contributed by atoms with Gasteiger partial charge in [0.15, 0.2) is 0 Å². The zero-order valence-electron chi connectivity index (χ0n) is 10.3. The Morgan fingerprint density at radius 1 is 1.33 bits per heavy atom. The normalized spacial score (nSPS) is 24.3. The fraction of sp³-hybridized carbons (Fsp3) is 0.500. The number of carboxylic acids is 1. The number of halogens is 1. The average molecular weight is 312 g/mol. The predicted molar refractivity (Wildman–Crippen MR) is 74.7 cm³/mol. The Kier molecular flexibility index (Phi) is 4.78. The third-order valence-electron chi connectivity index (χ3n) is 3.56. The molecule has 1 N–H and O–H groups in total. The van der Waals surface area contributed by atoms with E-state index >= 15 is 0 Å². The third kappa shape index (κ3) is 3.33. The highest BCUT2D eigenvalue weighted by molar-refractivity contribution is 9.09. The van der Waals surface area contributed by atoms with Gasteiger partial charge in [-0.25, -0.2) is 0 Å². The van der Waals surface area contributed by atoms with Crippen LogP contribution in [-0.4, -0.2) is 34.4 Å². The van der Waals surface area contributed by atoms with Gasteiger partial charge in [0.05, 0.1) is 5.92 Å². The number of hydrogen-bond acceptors (Lipinski definition) is 2.